The number of benzene rings is 1. The largest absolute Gasteiger partial charge is 0.347 e. The maximum Gasteiger partial charge on any atom is 0.246 e. The first-order valence-electron chi connectivity index (χ1n) is 7.89. The highest BCUT2D eigenvalue weighted by Gasteiger charge is 2.10. The molecule has 0 spiro atoms. The van der Waals surface area contributed by atoms with Crippen LogP contribution in [0, 0.1) is 6.92 Å². The molecular formula is C18H19N3O2S. The average molecular weight is 341 g/mol. The Morgan fingerprint density at radius 3 is 2.83 bits per heavy atom. The number of amides is 1. The lowest BCUT2D eigenvalue weighted by Gasteiger charge is -2.03. The molecule has 0 radical (unpaired) electrons. The molecular weight excluding hydrogens is 322 g/mol. The highest BCUT2D eigenvalue weighted by atomic mass is 32.1. The summed E-state index contributed by atoms with van der Waals surface area (Å²) < 4.78 is 5.15. The van der Waals surface area contributed by atoms with E-state index in [0.717, 1.165) is 17.7 Å². The molecule has 1 N–H and O–H groups in total. The topological polar surface area (TPSA) is 68.0 Å². The van der Waals surface area contributed by atoms with Crippen LogP contribution in [0.1, 0.15) is 29.9 Å². The van der Waals surface area contributed by atoms with Gasteiger partial charge >= 0.3 is 0 Å². The van der Waals surface area contributed by atoms with Gasteiger partial charge in [-0.05, 0) is 36.8 Å². The normalized spacial score (nSPS) is 10.7. The Labute approximate surface area is 144 Å². The number of thiophene rings is 1. The Kier molecular flexibility index (Phi) is 5.38. The van der Waals surface area contributed by atoms with E-state index in [9.17, 15) is 4.79 Å². The summed E-state index contributed by atoms with van der Waals surface area (Å²) in [5, 5.41) is 8.70. The Morgan fingerprint density at radius 2 is 2.08 bits per heavy atom. The molecule has 124 valence electrons. The van der Waals surface area contributed by atoms with Crippen LogP contribution in [-0.4, -0.2) is 16.0 Å². The molecule has 1 aromatic carbocycles. The summed E-state index contributed by atoms with van der Waals surface area (Å²) in [7, 11) is 0. The Hall–Kier alpha value is -2.47. The SMILES string of the molecule is Cc1ccc(CCCC(=O)NCc2nc(-c3cccs3)no2)cc1. The molecule has 0 unspecified atom stereocenters. The standard InChI is InChI=1S/C18H19N3O2S/c1-13-7-9-14(10-8-13)4-2-6-16(22)19-12-17-20-18(21-23-17)15-5-3-11-24-15/h3,5,7-11H,2,4,6,12H2,1H3,(H,19,22). The fourth-order valence-electron chi connectivity index (χ4n) is 2.30. The minimum Gasteiger partial charge on any atom is -0.347 e. The van der Waals surface area contributed by atoms with Crippen molar-refractivity contribution >= 4 is 17.2 Å². The number of aryl methyl sites for hydroxylation is 2. The number of hydrogen-bond donors (Lipinski definition) is 1. The average Bonchev–Trinajstić information content (AvgIpc) is 3.26. The van der Waals surface area contributed by atoms with Gasteiger partial charge in [0.05, 0.1) is 11.4 Å². The van der Waals surface area contributed by atoms with E-state index in [1.165, 1.54) is 11.1 Å². The Bertz CT molecular complexity index is 779. The summed E-state index contributed by atoms with van der Waals surface area (Å²) in [6, 6.07) is 12.3. The first-order chi connectivity index (χ1) is 11.7. The molecule has 0 saturated carbocycles. The molecule has 0 aliphatic heterocycles. The van der Waals surface area contributed by atoms with Gasteiger partial charge in [-0.15, -0.1) is 11.3 Å². The van der Waals surface area contributed by atoms with Gasteiger partial charge in [0.15, 0.2) is 0 Å². The van der Waals surface area contributed by atoms with E-state index in [1.54, 1.807) is 11.3 Å². The van der Waals surface area contributed by atoms with Crippen LogP contribution in [0.3, 0.4) is 0 Å². The molecule has 3 aromatic rings. The number of aromatic nitrogens is 2. The van der Waals surface area contributed by atoms with Crippen LogP contribution < -0.4 is 5.32 Å². The van der Waals surface area contributed by atoms with Gasteiger partial charge < -0.3 is 9.84 Å². The summed E-state index contributed by atoms with van der Waals surface area (Å²) in [6.07, 6.45) is 2.20. The smallest absolute Gasteiger partial charge is 0.246 e. The quantitative estimate of drug-likeness (QED) is 0.711. The van der Waals surface area contributed by atoms with E-state index in [4.69, 9.17) is 4.52 Å². The van der Waals surface area contributed by atoms with Crippen LogP contribution in [-0.2, 0) is 17.8 Å². The first kappa shape index (κ1) is 16.4. The molecule has 0 fully saturated rings. The van der Waals surface area contributed by atoms with E-state index < -0.39 is 0 Å². The van der Waals surface area contributed by atoms with Gasteiger partial charge in [-0.3, -0.25) is 4.79 Å². The Morgan fingerprint density at radius 1 is 1.25 bits per heavy atom. The zero-order valence-electron chi connectivity index (χ0n) is 13.5. The van der Waals surface area contributed by atoms with Crippen LogP contribution in [0.25, 0.3) is 10.7 Å². The molecule has 24 heavy (non-hydrogen) atoms. The van der Waals surface area contributed by atoms with Crippen molar-refractivity contribution in [3.63, 3.8) is 0 Å². The molecule has 0 bridgehead atoms. The van der Waals surface area contributed by atoms with Gasteiger partial charge in [0.1, 0.15) is 0 Å². The van der Waals surface area contributed by atoms with Crippen LogP contribution in [0.5, 0.6) is 0 Å². The zero-order valence-corrected chi connectivity index (χ0v) is 14.3. The lowest BCUT2D eigenvalue weighted by atomic mass is 10.1. The van der Waals surface area contributed by atoms with Gasteiger partial charge in [-0.1, -0.05) is 41.1 Å². The summed E-state index contributed by atoms with van der Waals surface area (Å²) in [5.74, 6) is 0.983. The number of nitrogens with zero attached hydrogens (tertiary/aromatic N) is 2. The number of hydrogen-bond acceptors (Lipinski definition) is 5. The van der Waals surface area contributed by atoms with E-state index in [0.29, 0.717) is 18.1 Å². The van der Waals surface area contributed by atoms with Crippen molar-refractivity contribution in [1.82, 2.24) is 15.5 Å². The highest BCUT2D eigenvalue weighted by Crippen LogP contribution is 2.21. The molecule has 0 aliphatic rings. The van der Waals surface area contributed by atoms with E-state index in [2.05, 4.69) is 46.6 Å². The monoisotopic (exact) mass is 341 g/mol. The number of rotatable bonds is 7. The fraction of sp³-hybridized carbons (Fsp3) is 0.278. The fourth-order valence-corrected chi connectivity index (χ4v) is 2.95. The molecule has 0 atom stereocenters. The third kappa shape index (κ3) is 4.52. The van der Waals surface area contributed by atoms with Crippen molar-refractivity contribution in [1.29, 1.82) is 0 Å². The molecule has 0 saturated heterocycles. The molecule has 5 nitrogen and oxygen atoms in total. The third-order valence-electron chi connectivity index (χ3n) is 3.64. The van der Waals surface area contributed by atoms with Crippen molar-refractivity contribution in [2.24, 2.45) is 0 Å². The summed E-state index contributed by atoms with van der Waals surface area (Å²) >= 11 is 1.55. The second-order valence-corrected chi connectivity index (χ2v) is 6.55. The molecule has 0 aliphatic carbocycles. The number of carbonyl (C=O) groups excluding carboxylic acids is 1. The maximum atomic E-state index is 11.9. The molecule has 3 rings (SSSR count). The van der Waals surface area contributed by atoms with Crippen LogP contribution in [0.4, 0.5) is 0 Å². The van der Waals surface area contributed by atoms with Crippen molar-refractivity contribution in [3.8, 4) is 10.7 Å². The molecule has 2 aromatic heterocycles. The number of carbonyl (C=O) groups is 1. The molecule has 2 heterocycles. The lowest BCUT2D eigenvalue weighted by Crippen LogP contribution is -2.22. The van der Waals surface area contributed by atoms with Crippen LogP contribution >= 0.6 is 11.3 Å². The van der Waals surface area contributed by atoms with Crippen molar-refractivity contribution in [2.45, 2.75) is 32.7 Å². The molecule has 6 heteroatoms. The van der Waals surface area contributed by atoms with E-state index in [-0.39, 0.29) is 12.5 Å². The van der Waals surface area contributed by atoms with Gasteiger partial charge in [0.25, 0.3) is 0 Å². The predicted molar refractivity (Wildman–Crippen MR) is 93.6 cm³/mol. The summed E-state index contributed by atoms with van der Waals surface area (Å²) in [5.41, 5.74) is 2.50. The van der Waals surface area contributed by atoms with E-state index >= 15 is 0 Å². The predicted octanol–water partition coefficient (Wildman–Crippen LogP) is 3.75. The minimum absolute atomic E-state index is 0.00187. The minimum atomic E-state index is -0.00187. The first-order valence-corrected chi connectivity index (χ1v) is 8.77. The second-order valence-electron chi connectivity index (χ2n) is 5.60. The van der Waals surface area contributed by atoms with Crippen molar-refractivity contribution in [3.05, 3.63) is 58.8 Å². The van der Waals surface area contributed by atoms with Crippen LogP contribution in [0.15, 0.2) is 46.3 Å². The van der Waals surface area contributed by atoms with Gasteiger partial charge in [0, 0.05) is 6.42 Å². The summed E-state index contributed by atoms with van der Waals surface area (Å²) in [6.45, 7) is 2.33. The lowest BCUT2D eigenvalue weighted by molar-refractivity contribution is -0.121. The van der Waals surface area contributed by atoms with Crippen LogP contribution in [0.2, 0.25) is 0 Å². The van der Waals surface area contributed by atoms with E-state index in [1.807, 2.05) is 17.5 Å². The summed E-state index contributed by atoms with van der Waals surface area (Å²) in [4.78, 5) is 17.1. The number of nitrogens with one attached hydrogen (secondary N) is 1. The van der Waals surface area contributed by atoms with Gasteiger partial charge in [0.2, 0.25) is 17.6 Å². The Balaban J connectivity index is 1.40. The maximum absolute atomic E-state index is 11.9. The van der Waals surface area contributed by atoms with Gasteiger partial charge in [-0.25, -0.2) is 0 Å². The van der Waals surface area contributed by atoms with Gasteiger partial charge in [-0.2, -0.15) is 4.98 Å². The molecule has 1 amide bonds. The van der Waals surface area contributed by atoms with Crippen molar-refractivity contribution < 1.29 is 9.32 Å². The second kappa shape index (κ2) is 7.88. The third-order valence-corrected chi connectivity index (χ3v) is 4.50. The highest BCUT2D eigenvalue weighted by molar-refractivity contribution is 7.13. The zero-order chi connectivity index (χ0) is 16.8. The van der Waals surface area contributed by atoms with Crippen molar-refractivity contribution in [2.75, 3.05) is 0 Å².